The standard InChI is InChI=1S/C13H14ClNOS/c1-8-5-10(6-9(2)15-8)12(16)7-11-3-4-13(14)17-11/h3-6,12,16H,7H2,1-2H3. The number of thiophene rings is 1. The van der Waals surface area contributed by atoms with Gasteiger partial charge in [0.25, 0.3) is 0 Å². The minimum absolute atomic E-state index is 0.495. The highest BCUT2D eigenvalue weighted by Gasteiger charge is 2.11. The minimum atomic E-state index is -0.495. The van der Waals surface area contributed by atoms with Gasteiger partial charge in [-0.3, -0.25) is 4.98 Å². The van der Waals surface area contributed by atoms with E-state index in [9.17, 15) is 5.11 Å². The van der Waals surface area contributed by atoms with Crippen molar-refractivity contribution in [3.05, 3.63) is 50.4 Å². The van der Waals surface area contributed by atoms with E-state index in [1.165, 1.54) is 11.3 Å². The number of aromatic nitrogens is 1. The van der Waals surface area contributed by atoms with Crippen molar-refractivity contribution in [1.29, 1.82) is 0 Å². The van der Waals surface area contributed by atoms with Crippen molar-refractivity contribution in [3.63, 3.8) is 0 Å². The van der Waals surface area contributed by atoms with E-state index in [0.29, 0.717) is 6.42 Å². The summed E-state index contributed by atoms with van der Waals surface area (Å²) in [6.07, 6.45) is 0.102. The molecule has 1 atom stereocenters. The van der Waals surface area contributed by atoms with E-state index in [0.717, 1.165) is 26.2 Å². The van der Waals surface area contributed by atoms with Crippen LogP contribution in [0.1, 0.15) is 27.9 Å². The molecule has 0 fully saturated rings. The lowest BCUT2D eigenvalue weighted by molar-refractivity contribution is 0.179. The van der Waals surface area contributed by atoms with Crippen LogP contribution >= 0.6 is 22.9 Å². The molecule has 0 aromatic carbocycles. The van der Waals surface area contributed by atoms with Gasteiger partial charge in [-0.05, 0) is 43.7 Å². The second-order valence-corrected chi connectivity index (χ2v) is 5.91. The second-order valence-electron chi connectivity index (χ2n) is 4.11. The van der Waals surface area contributed by atoms with Gasteiger partial charge in [0.2, 0.25) is 0 Å². The molecule has 1 N–H and O–H groups in total. The summed E-state index contributed by atoms with van der Waals surface area (Å²) in [6.45, 7) is 3.87. The molecule has 0 saturated heterocycles. The van der Waals surface area contributed by atoms with E-state index in [1.54, 1.807) is 0 Å². The molecule has 2 aromatic rings. The molecular weight excluding hydrogens is 254 g/mol. The van der Waals surface area contributed by atoms with E-state index in [-0.39, 0.29) is 0 Å². The van der Waals surface area contributed by atoms with E-state index in [2.05, 4.69) is 4.98 Å². The predicted molar refractivity (Wildman–Crippen MR) is 71.7 cm³/mol. The summed E-state index contributed by atoms with van der Waals surface area (Å²) in [5, 5.41) is 10.2. The Balaban J connectivity index is 2.16. The number of aryl methyl sites for hydroxylation is 2. The molecule has 1 unspecified atom stereocenters. The number of nitrogens with zero attached hydrogens (tertiary/aromatic N) is 1. The molecule has 0 aliphatic heterocycles. The third kappa shape index (κ3) is 3.28. The van der Waals surface area contributed by atoms with Crippen molar-refractivity contribution in [1.82, 2.24) is 4.98 Å². The van der Waals surface area contributed by atoms with E-state index in [1.807, 2.05) is 38.1 Å². The van der Waals surface area contributed by atoms with Crippen LogP contribution in [0.4, 0.5) is 0 Å². The molecule has 2 rings (SSSR count). The molecule has 0 spiro atoms. The average molecular weight is 268 g/mol. The summed E-state index contributed by atoms with van der Waals surface area (Å²) in [6, 6.07) is 7.66. The summed E-state index contributed by atoms with van der Waals surface area (Å²) in [7, 11) is 0. The van der Waals surface area contributed by atoms with Crippen LogP contribution in [-0.2, 0) is 6.42 Å². The minimum Gasteiger partial charge on any atom is -0.388 e. The Morgan fingerprint density at radius 2 is 1.94 bits per heavy atom. The fraction of sp³-hybridized carbons (Fsp3) is 0.308. The van der Waals surface area contributed by atoms with Crippen LogP contribution in [0.25, 0.3) is 0 Å². The van der Waals surface area contributed by atoms with Crippen LogP contribution in [0, 0.1) is 13.8 Å². The number of pyridine rings is 1. The maximum Gasteiger partial charge on any atom is 0.0931 e. The summed E-state index contributed by atoms with van der Waals surface area (Å²) in [5.41, 5.74) is 2.78. The van der Waals surface area contributed by atoms with E-state index >= 15 is 0 Å². The summed E-state index contributed by atoms with van der Waals surface area (Å²) < 4.78 is 0.759. The van der Waals surface area contributed by atoms with Crippen LogP contribution < -0.4 is 0 Å². The summed E-state index contributed by atoms with van der Waals surface area (Å²) >= 11 is 7.38. The fourth-order valence-corrected chi connectivity index (χ4v) is 2.95. The number of hydrogen-bond donors (Lipinski definition) is 1. The highest BCUT2D eigenvalue weighted by Crippen LogP contribution is 2.26. The Morgan fingerprint density at radius 3 is 2.47 bits per heavy atom. The highest BCUT2D eigenvalue weighted by atomic mass is 35.5. The molecule has 0 saturated carbocycles. The third-order valence-electron chi connectivity index (χ3n) is 2.51. The van der Waals surface area contributed by atoms with Gasteiger partial charge in [0.05, 0.1) is 10.4 Å². The molecule has 0 aliphatic carbocycles. The molecule has 4 heteroatoms. The molecule has 2 heterocycles. The Labute approximate surface area is 110 Å². The lowest BCUT2D eigenvalue weighted by Gasteiger charge is -2.11. The van der Waals surface area contributed by atoms with Gasteiger partial charge in [0, 0.05) is 22.7 Å². The van der Waals surface area contributed by atoms with Crippen molar-refractivity contribution in [2.75, 3.05) is 0 Å². The van der Waals surface area contributed by atoms with Crippen LogP contribution in [0.5, 0.6) is 0 Å². The zero-order valence-corrected chi connectivity index (χ0v) is 11.3. The molecule has 17 heavy (non-hydrogen) atoms. The summed E-state index contributed by atoms with van der Waals surface area (Å²) in [4.78, 5) is 5.39. The van der Waals surface area contributed by atoms with Crippen LogP contribution in [0.2, 0.25) is 4.34 Å². The van der Waals surface area contributed by atoms with Crippen molar-refractivity contribution < 1.29 is 5.11 Å². The van der Waals surface area contributed by atoms with Crippen molar-refractivity contribution >= 4 is 22.9 Å². The monoisotopic (exact) mass is 267 g/mol. The number of halogens is 1. The molecule has 0 bridgehead atoms. The Bertz CT molecular complexity index is 504. The Hall–Kier alpha value is -0.900. The van der Waals surface area contributed by atoms with Gasteiger partial charge in [-0.2, -0.15) is 0 Å². The molecule has 0 radical (unpaired) electrons. The number of hydrogen-bond acceptors (Lipinski definition) is 3. The van der Waals surface area contributed by atoms with Crippen LogP contribution in [0.3, 0.4) is 0 Å². The topological polar surface area (TPSA) is 33.1 Å². The molecule has 2 aromatic heterocycles. The first-order valence-electron chi connectivity index (χ1n) is 5.42. The molecular formula is C13H14ClNOS. The molecule has 0 aliphatic rings. The number of aliphatic hydroxyl groups excluding tert-OH is 1. The normalized spacial score (nSPS) is 12.7. The van der Waals surface area contributed by atoms with Crippen LogP contribution in [0.15, 0.2) is 24.3 Å². The zero-order chi connectivity index (χ0) is 12.4. The van der Waals surface area contributed by atoms with Gasteiger partial charge >= 0.3 is 0 Å². The highest BCUT2D eigenvalue weighted by molar-refractivity contribution is 7.16. The summed E-state index contributed by atoms with van der Waals surface area (Å²) in [5.74, 6) is 0. The SMILES string of the molecule is Cc1cc(C(O)Cc2ccc(Cl)s2)cc(C)n1. The van der Waals surface area contributed by atoms with Gasteiger partial charge in [-0.1, -0.05) is 11.6 Å². The Morgan fingerprint density at radius 1 is 1.29 bits per heavy atom. The van der Waals surface area contributed by atoms with Gasteiger partial charge in [0.15, 0.2) is 0 Å². The molecule has 0 amide bonds. The quantitative estimate of drug-likeness (QED) is 0.920. The van der Waals surface area contributed by atoms with Gasteiger partial charge < -0.3 is 5.11 Å². The van der Waals surface area contributed by atoms with Gasteiger partial charge in [-0.15, -0.1) is 11.3 Å². The maximum absolute atomic E-state index is 10.2. The fourth-order valence-electron chi connectivity index (χ4n) is 1.83. The number of aliphatic hydroxyl groups is 1. The largest absolute Gasteiger partial charge is 0.388 e. The number of rotatable bonds is 3. The van der Waals surface area contributed by atoms with Crippen molar-refractivity contribution in [3.8, 4) is 0 Å². The average Bonchev–Trinajstić information content (AvgIpc) is 2.62. The predicted octanol–water partition coefficient (Wildman–Crippen LogP) is 3.69. The first kappa shape index (κ1) is 12.6. The third-order valence-corrected chi connectivity index (χ3v) is 3.77. The van der Waals surface area contributed by atoms with Crippen molar-refractivity contribution in [2.45, 2.75) is 26.4 Å². The van der Waals surface area contributed by atoms with Crippen LogP contribution in [-0.4, -0.2) is 10.1 Å². The molecule has 90 valence electrons. The van der Waals surface area contributed by atoms with E-state index < -0.39 is 6.10 Å². The second kappa shape index (κ2) is 5.17. The smallest absolute Gasteiger partial charge is 0.0931 e. The van der Waals surface area contributed by atoms with E-state index in [4.69, 9.17) is 11.6 Å². The van der Waals surface area contributed by atoms with Gasteiger partial charge in [0.1, 0.15) is 0 Å². The lowest BCUT2D eigenvalue weighted by Crippen LogP contribution is -2.02. The zero-order valence-electron chi connectivity index (χ0n) is 9.77. The maximum atomic E-state index is 10.2. The lowest BCUT2D eigenvalue weighted by atomic mass is 10.1. The first-order valence-corrected chi connectivity index (χ1v) is 6.61. The van der Waals surface area contributed by atoms with Gasteiger partial charge in [-0.25, -0.2) is 0 Å². The first-order chi connectivity index (χ1) is 8.04. The Kier molecular flexibility index (Phi) is 3.82. The molecule has 2 nitrogen and oxygen atoms in total. The van der Waals surface area contributed by atoms with Crippen molar-refractivity contribution in [2.24, 2.45) is 0 Å².